The highest BCUT2D eigenvalue weighted by Gasteiger charge is 2.23. The van der Waals surface area contributed by atoms with Crippen molar-refractivity contribution in [3.63, 3.8) is 0 Å². The third-order valence-corrected chi connectivity index (χ3v) is 4.02. The minimum Gasteiger partial charge on any atom is -0.459 e. The molecule has 0 bridgehead atoms. The number of rotatable bonds is 5. The van der Waals surface area contributed by atoms with Gasteiger partial charge in [-0.15, -0.1) is 10.2 Å². The molecule has 1 amide bonds. The molecule has 0 atom stereocenters. The van der Waals surface area contributed by atoms with Gasteiger partial charge in [0.15, 0.2) is 11.6 Å². The van der Waals surface area contributed by atoms with Gasteiger partial charge in [0.05, 0.1) is 6.26 Å². The molecule has 2 aromatic heterocycles. The second-order valence-electron chi connectivity index (χ2n) is 5.74. The molecule has 0 spiro atoms. The third-order valence-electron chi connectivity index (χ3n) is 4.02. The smallest absolute Gasteiger partial charge is 0.294 e. The number of benzene rings is 1. The van der Waals surface area contributed by atoms with E-state index in [2.05, 4.69) is 20.6 Å². The van der Waals surface area contributed by atoms with Crippen LogP contribution in [0.5, 0.6) is 0 Å². The van der Waals surface area contributed by atoms with Crippen LogP contribution in [0, 0.1) is 20.8 Å². The fraction of sp³-hybridized carbons (Fsp3) is 0.294. The van der Waals surface area contributed by atoms with Crippen LogP contribution in [0.2, 0.25) is 0 Å². The van der Waals surface area contributed by atoms with E-state index in [1.807, 2.05) is 45.0 Å². The van der Waals surface area contributed by atoms with Crippen LogP contribution >= 0.6 is 0 Å². The van der Waals surface area contributed by atoms with Gasteiger partial charge < -0.3 is 9.32 Å². The van der Waals surface area contributed by atoms with E-state index in [4.69, 9.17) is 4.42 Å². The van der Waals surface area contributed by atoms with Gasteiger partial charge in [-0.3, -0.25) is 4.79 Å². The normalized spacial score (nSPS) is 10.8. The number of aromatic amines is 1. The first-order valence-electron chi connectivity index (χ1n) is 7.72. The Labute approximate surface area is 139 Å². The number of carbonyl (C=O) groups excluding carboxylic acids is 1. The van der Waals surface area contributed by atoms with Crippen LogP contribution in [0.1, 0.15) is 33.1 Å². The lowest BCUT2D eigenvalue weighted by Gasteiger charge is -2.22. The van der Waals surface area contributed by atoms with E-state index in [0.29, 0.717) is 24.6 Å². The van der Waals surface area contributed by atoms with E-state index in [1.165, 1.54) is 0 Å². The number of amides is 1. The molecule has 7 nitrogen and oxygen atoms in total. The zero-order valence-electron chi connectivity index (χ0n) is 13.9. The number of H-pyrrole nitrogens is 1. The summed E-state index contributed by atoms with van der Waals surface area (Å²) in [5, 5.41) is 13.9. The Morgan fingerprint density at radius 1 is 1.21 bits per heavy atom. The Kier molecular flexibility index (Phi) is 4.41. The van der Waals surface area contributed by atoms with Gasteiger partial charge in [-0.25, -0.2) is 0 Å². The molecule has 0 aliphatic carbocycles. The first kappa shape index (κ1) is 15.9. The van der Waals surface area contributed by atoms with E-state index in [1.54, 1.807) is 11.2 Å². The van der Waals surface area contributed by atoms with Crippen molar-refractivity contribution in [3.05, 3.63) is 58.8 Å². The molecule has 1 N–H and O–H groups in total. The van der Waals surface area contributed by atoms with Crippen molar-refractivity contribution in [2.24, 2.45) is 0 Å². The molecule has 3 rings (SSSR count). The standard InChI is InChI=1S/C17H19N5O2/c1-11-4-6-14(7-5-11)22(9-8-15-18-20-21-19-15)17(23)16-13(3)12(2)10-24-16/h4-7,10H,8-9H2,1-3H3,(H,18,19,20,21). The molecule has 0 radical (unpaired) electrons. The van der Waals surface area contributed by atoms with Crippen molar-refractivity contribution in [3.8, 4) is 0 Å². The van der Waals surface area contributed by atoms with Crippen LogP contribution in [0.25, 0.3) is 0 Å². The fourth-order valence-electron chi connectivity index (χ4n) is 2.41. The summed E-state index contributed by atoms with van der Waals surface area (Å²) in [4.78, 5) is 14.7. The van der Waals surface area contributed by atoms with Crippen LogP contribution in [0.15, 0.2) is 34.9 Å². The number of aryl methyl sites for hydroxylation is 2. The van der Waals surface area contributed by atoms with Crippen molar-refractivity contribution >= 4 is 11.6 Å². The zero-order chi connectivity index (χ0) is 17.1. The molecule has 124 valence electrons. The molecule has 0 fully saturated rings. The second-order valence-corrected chi connectivity index (χ2v) is 5.74. The lowest BCUT2D eigenvalue weighted by Crippen LogP contribution is -2.33. The summed E-state index contributed by atoms with van der Waals surface area (Å²) in [6.07, 6.45) is 2.10. The van der Waals surface area contributed by atoms with E-state index < -0.39 is 0 Å². The summed E-state index contributed by atoms with van der Waals surface area (Å²) in [6.45, 7) is 6.25. The average Bonchev–Trinajstić information content (AvgIpc) is 3.20. The maximum atomic E-state index is 13.0. The highest BCUT2D eigenvalue weighted by Crippen LogP contribution is 2.22. The lowest BCUT2D eigenvalue weighted by atomic mass is 10.1. The molecule has 0 aliphatic heterocycles. The van der Waals surface area contributed by atoms with Gasteiger partial charge in [0.1, 0.15) is 0 Å². The molecule has 1 aromatic carbocycles. The molecule has 0 unspecified atom stereocenters. The molecule has 3 aromatic rings. The highest BCUT2D eigenvalue weighted by atomic mass is 16.3. The van der Waals surface area contributed by atoms with Gasteiger partial charge in [-0.2, -0.15) is 5.21 Å². The monoisotopic (exact) mass is 325 g/mol. The lowest BCUT2D eigenvalue weighted by molar-refractivity contribution is 0.0959. The van der Waals surface area contributed by atoms with E-state index in [9.17, 15) is 4.79 Å². The van der Waals surface area contributed by atoms with Crippen molar-refractivity contribution in [1.82, 2.24) is 20.6 Å². The SMILES string of the molecule is Cc1ccc(N(CCc2nn[nH]n2)C(=O)c2occ(C)c2C)cc1. The predicted molar refractivity (Wildman–Crippen MR) is 88.9 cm³/mol. The minimum atomic E-state index is -0.173. The maximum absolute atomic E-state index is 13.0. The molecular formula is C17H19N5O2. The molecular weight excluding hydrogens is 306 g/mol. The number of tetrazole rings is 1. The number of hydrogen-bond donors (Lipinski definition) is 1. The van der Waals surface area contributed by atoms with Crippen LogP contribution < -0.4 is 4.90 Å². The number of nitrogens with zero attached hydrogens (tertiary/aromatic N) is 4. The van der Waals surface area contributed by atoms with Gasteiger partial charge in [0, 0.05) is 24.2 Å². The topological polar surface area (TPSA) is 87.9 Å². The Morgan fingerprint density at radius 2 is 1.96 bits per heavy atom. The van der Waals surface area contributed by atoms with E-state index in [-0.39, 0.29) is 5.91 Å². The Bertz CT molecular complexity index is 821. The molecule has 2 heterocycles. The number of anilines is 1. The highest BCUT2D eigenvalue weighted by molar-refractivity contribution is 6.05. The summed E-state index contributed by atoms with van der Waals surface area (Å²) in [7, 11) is 0. The number of nitrogens with one attached hydrogen (secondary N) is 1. The van der Waals surface area contributed by atoms with Gasteiger partial charge in [0.2, 0.25) is 0 Å². The van der Waals surface area contributed by atoms with Crippen molar-refractivity contribution in [2.45, 2.75) is 27.2 Å². The van der Waals surface area contributed by atoms with Crippen LogP contribution in [-0.2, 0) is 6.42 Å². The Balaban J connectivity index is 1.89. The van der Waals surface area contributed by atoms with Gasteiger partial charge in [0.25, 0.3) is 5.91 Å². The fourth-order valence-corrected chi connectivity index (χ4v) is 2.41. The second kappa shape index (κ2) is 6.66. The van der Waals surface area contributed by atoms with Crippen LogP contribution in [-0.4, -0.2) is 33.1 Å². The Morgan fingerprint density at radius 3 is 2.54 bits per heavy atom. The quantitative estimate of drug-likeness (QED) is 0.779. The molecule has 7 heteroatoms. The zero-order valence-corrected chi connectivity index (χ0v) is 13.9. The van der Waals surface area contributed by atoms with Crippen LogP contribution in [0.3, 0.4) is 0 Å². The van der Waals surface area contributed by atoms with Gasteiger partial charge >= 0.3 is 0 Å². The summed E-state index contributed by atoms with van der Waals surface area (Å²) in [6, 6.07) is 7.80. The first-order valence-corrected chi connectivity index (χ1v) is 7.72. The molecule has 0 saturated carbocycles. The molecule has 0 aliphatic rings. The number of hydrogen-bond acceptors (Lipinski definition) is 5. The van der Waals surface area contributed by atoms with Crippen molar-refractivity contribution < 1.29 is 9.21 Å². The number of carbonyl (C=O) groups is 1. The van der Waals surface area contributed by atoms with Gasteiger partial charge in [-0.05, 0) is 38.5 Å². The summed E-state index contributed by atoms with van der Waals surface area (Å²) in [5.74, 6) is 0.751. The largest absolute Gasteiger partial charge is 0.459 e. The summed E-state index contributed by atoms with van der Waals surface area (Å²) >= 11 is 0. The number of furan rings is 1. The first-order chi connectivity index (χ1) is 11.6. The number of aromatic nitrogens is 4. The summed E-state index contributed by atoms with van der Waals surface area (Å²) < 4.78 is 5.48. The van der Waals surface area contributed by atoms with E-state index >= 15 is 0 Å². The maximum Gasteiger partial charge on any atom is 0.294 e. The van der Waals surface area contributed by atoms with Crippen molar-refractivity contribution in [1.29, 1.82) is 0 Å². The molecule has 0 saturated heterocycles. The Hall–Kier alpha value is -2.96. The predicted octanol–water partition coefficient (Wildman–Crippen LogP) is 2.61. The van der Waals surface area contributed by atoms with Crippen molar-refractivity contribution in [2.75, 3.05) is 11.4 Å². The van der Waals surface area contributed by atoms with E-state index in [0.717, 1.165) is 22.4 Å². The molecule has 24 heavy (non-hydrogen) atoms. The average molecular weight is 325 g/mol. The van der Waals surface area contributed by atoms with Crippen LogP contribution in [0.4, 0.5) is 5.69 Å². The third kappa shape index (κ3) is 3.19. The van der Waals surface area contributed by atoms with Gasteiger partial charge in [-0.1, -0.05) is 22.9 Å². The summed E-state index contributed by atoms with van der Waals surface area (Å²) in [5.41, 5.74) is 3.76. The minimum absolute atomic E-state index is 0.173.